The summed E-state index contributed by atoms with van der Waals surface area (Å²) in [6.45, 7) is 3.20. The molecule has 1 N–H and O–H groups in total. The minimum Gasteiger partial charge on any atom is -0.308 e. The van der Waals surface area contributed by atoms with E-state index >= 15 is 0 Å². The fourth-order valence-electron chi connectivity index (χ4n) is 3.23. The SMILES string of the molecule is CCOP(=O)(OCC)C(C/C=C/c1ccc(CCCc2ccccc2)cc1)S(=O)(=O)O. The van der Waals surface area contributed by atoms with Gasteiger partial charge in [0.05, 0.1) is 13.2 Å². The van der Waals surface area contributed by atoms with Crippen molar-refractivity contribution >= 4 is 23.8 Å². The lowest BCUT2D eigenvalue weighted by Crippen LogP contribution is -2.22. The first-order chi connectivity index (χ1) is 14.8. The molecule has 0 amide bonds. The third kappa shape index (κ3) is 8.36. The van der Waals surface area contributed by atoms with Gasteiger partial charge in [0.25, 0.3) is 10.1 Å². The molecule has 170 valence electrons. The largest absolute Gasteiger partial charge is 0.351 e. The Bertz CT molecular complexity index is 961. The van der Waals surface area contributed by atoms with E-state index in [9.17, 15) is 17.5 Å². The van der Waals surface area contributed by atoms with Crippen LogP contribution >= 0.6 is 7.60 Å². The predicted molar refractivity (Wildman–Crippen MR) is 125 cm³/mol. The standard InChI is InChI=1S/C23H31O6PS/c1-3-28-30(24,29-4-2)23(31(25,26)27)15-9-14-22-18-16-21(17-19-22)13-8-12-20-10-6-5-7-11-20/h5-7,9-11,14,16-19,23H,3-4,8,12-13,15H2,1-2H3,(H,25,26,27)/b14-9+. The maximum absolute atomic E-state index is 12.8. The first kappa shape index (κ1) is 25.5. The van der Waals surface area contributed by atoms with E-state index in [1.165, 1.54) is 11.1 Å². The molecule has 0 radical (unpaired) electrons. The first-order valence-corrected chi connectivity index (χ1v) is 13.5. The number of benzene rings is 2. The van der Waals surface area contributed by atoms with Crippen molar-refractivity contribution in [1.29, 1.82) is 0 Å². The van der Waals surface area contributed by atoms with E-state index in [1.54, 1.807) is 26.0 Å². The molecule has 31 heavy (non-hydrogen) atoms. The van der Waals surface area contributed by atoms with Crippen LogP contribution in [-0.4, -0.2) is 31.2 Å². The van der Waals surface area contributed by atoms with Crippen molar-refractivity contribution in [1.82, 2.24) is 0 Å². The van der Waals surface area contributed by atoms with Crippen LogP contribution in [0.4, 0.5) is 0 Å². The summed E-state index contributed by atoms with van der Waals surface area (Å²) in [5, 5.41) is 0. The van der Waals surface area contributed by atoms with E-state index in [1.807, 2.05) is 42.5 Å². The number of rotatable bonds is 13. The molecule has 0 spiro atoms. The zero-order valence-corrected chi connectivity index (χ0v) is 19.7. The normalized spacial score (nSPS) is 13.5. The summed E-state index contributed by atoms with van der Waals surface area (Å²) in [6.07, 6.45) is 6.16. The second kappa shape index (κ2) is 12.3. The van der Waals surface area contributed by atoms with Gasteiger partial charge in [-0.05, 0) is 56.2 Å². The maximum Gasteiger partial charge on any atom is 0.351 e. The summed E-state index contributed by atoms with van der Waals surface area (Å²) in [5.74, 6) is 0. The molecule has 2 rings (SSSR count). The van der Waals surface area contributed by atoms with Gasteiger partial charge in [-0.2, -0.15) is 8.42 Å². The fourth-order valence-corrected chi connectivity index (χ4v) is 6.77. The second-order valence-electron chi connectivity index (χ2n) is 7.06. The quantitative estimate of drug-likeness (QED) is 0.299. The number of hydrogen-bond acceptors (Lipinski definition) is 5. The lowest BCUT2D eigenvalue weighted by molar-refractivity contribution is 0.216. The van der Waals surface area contributed by atoms with Crippen LogP contribution in [-0.2, 0) is 36.6 Å². The molecule has 0 saturated heterocycles. The summed E-state index contributed by atoms with van der Waals surface area (Å²) < 4.78 is 56.2. The van der Waals surface area contributed by atoms with Crippen molar-refractivity contribution in [2.45, 2.75) is 44.5 Å². The van der Waals surface area contributed by atoms with Gasteiger partial charge in [0.2, 0.25) is 0 Å². The van der Waals surface area contributed by atoms with Gasteiger partial charge in [0.1, 0.15) is 0 Å². The molecule has 0 bridgehead atoms. The molecule has 6 nitrogen and oxygen atoms in total. The molecule has 1 atom stereocenters. The van der Waals surface area contributed by atoms with E-state index in [-0.39, 0.29) is 19.6 Å². The van der Waals surface area contributed by atoms with E-state index in [2.05, 4.69) is 12.1 Å². The molecule has 0 aliphatic rings. The van der Waals surface area contributed by atoms with E-state index in [0.29, 0.717) is 0 Å². The highest BCUT2D eigenvalue weighted by molar-refractivity contribution is 7.94. The van der Waals surface area contributed by atoms with Crippen LogP contribution in [0.25, 0.3) is 6.08 Å². The van der Waals surface area contributed by atoms with Crippen molar-refractivity contribution in [2.24, 2.45) is 0 Å². The van der Waals surface area contributed by atoms with Crippen LogP contribution in [0.1, 0.15) is 43.4 Å². The van der Waals surface area contributed by atoms with Gasteiger partial charge in [0.15, 0.2) is 4.99 Å². The molecule has 0 fully saturated rings. The molecule has 0 aromatic heterocycles. The van der Waals surface area contributed by atoms with Crippen LogP contribution in [0.3, 0.4) is 0 Å². The average Bonchev–Trinajstić information content (AvgIpc) is 2.72. The number of aryl methyl sites for hydroxylation is 2. The third-order valence-corrected chi connectivity index (χ3v) is 9.32. The van der Waals surface area contributed by atoms with Gasteiger partial charge in [-0.15, -0.1) is 0 Å². The second-order valence-corrected chi connectivity index (χ2v) is 11.2. The van der Waals surface area contributed by atoms with Crippen molar-refractivity contribution in [3.05, 3.63) is 77.4 Å². The molecule has 0 saturated carbocycles. The fraction of sp³-hybridized carbons (Fsp3) is 0.391. The van der Waals surface area contributed by atoms with Crippen molar-refractivity contribution in [3.8, 4) is 0 Å². The third-order valence-electron chi connectivity index (χ3n) is 4.72. The Morgan fingerprint density at radius 3 is 2.00 bits per heavy atom. The minimum atomic E-state index is -4.63. The summed E-state index contributed by atoms with van der Waals surface area (Å²) in [7, 11) is -8.63. The van der Waals surface area contributed by atoms with Crippen LogP contribution in [0.15, 0.2) is 60.7 Å². The summed E-state index contributed by atoms with van der Waals surface area (Å²) in [5.41, 5.74) is 3.43. The lowest BCUT2D eigenvalue weighted by Gasteiger charge is -2.23. The van der Waals surface area contributed by atoms with Crippen LogP contribution in [0.5, 0.6) is 0 Å². The van der Waals surface area contributed by atoms with Crippen LogP contribution < -0.4 is 0 Å². The van der Waals surface area contributed by atoms with Crippen molar-refractivity contribution < 1.29 is 26.6 Å². The summed E-state index contributed by atoms with van der Waals surface area (Å²) in [6, 6.07) is 18.3. The number of hydrogen-bond donors (Lipinski definition) is 1. The predicted octanol–water partition coefficient (Wildman–Crippen LogP) is 5.75. The maximum atomic E-state index is 12.8. The van der Waals surface area contributed by atoms with Crippen molar-refractivity contribution in [2.75, 3.05) is 13.2 Å². The number of allylic oxidation sites excluding steroid dienone is 1. The van der Waals surface area contributed by atoms with E-state index < -0.39 is 22.7 Å². The van der Waals surface area contributed by atoms with Gasteiger partial charge in [0, 0.05) is 0 Å². The average molecular weight is 467 g/mol. The molecule has 8 heteroatoms. The highest BCUT2D eigenvalue weighted by Crippen LogP contribution is 2.56. The van der Waals surface area contributed by atoms with Gasteiger partial charge in [-0.3, -0.25) is 9.12 Å². The van der Waals surface area contributed by atoms with Gasteiger partial charge in [-0.1, -0.05) is 66.7 Å². The lowest BCUT2D eigenvalue weighted by atomic mass is 10.0. The zero-order valence-electron chi connectivity index (χ0n) is 18.0. The molecule has 0 heterocycles. The first-order valence-electron chi connectivity index (χ1n) is 10.4. The molecule has 1 unspecified atom stereocenters. The Morgan fingerprint density at radius 2 is 1.48 bits per heavy atom. The molecule has 2 aromatic rings. The zero-order chi connectivity index (χ0) is 22.7. The monoisotopic (exact) mass is 466 g/mol. The Balaban J connectivity index is 1.97. The topological polar surface area (TPSA) is 89.9 Å². The molecule has 0 aliphatic heterocycles. The smallest absolute Gasteiger partial charge is 0.308 e. The Morgan fingerprint density at radius 1 is 0.935 bits per heavy atom. The molecule has 2 aromatic carbocycles. The highest BCUT2D eigenvalue weighted by atomic mass is 32.2. The highest BCUT2D eigenvalue weighted by Gasteiger charge is 2.43. The minimum absolute atomic E-state index is 0.0126. The summed E-state index contributed by atoms with van der Waals surface area (Å²) >= 11 is 0. The van der Waals surface area contributed by atoms with Crippen molar-refractivity contribution in [3.63, 3.8) is 0 Å². The van der Waals surface area contributed by atoms with E-state index in [0.717, 1.165) is 24.8 Å². The van der Waals surface area contributed by atoms with Gasteiger partial charge in [-0.25, -0.2) is 0 Å². The Hall–Kier alpha value is -1.76. The van der Waals surface area contributed by atoms with Gasteiger partial charge >= 0.3 is 7.60 Å². The van der Waals surface area contributed by atoms with Gasteiger partial charge < -0.3 is 9.05 Å². The molecule has 0 aliphatic carbocycles. The van der Waals surface area contributed by atoms with E-state index in [4.69, 9.17) is 9.05 Å². The summed E-state index contributed by atoms with van der Waals surface area (Å²) in [4.78, 5) is -1.66. The van der Waals surface area contributed by atoms with Crippen LogP contribution in [0, 0.1) is 0 Å². The Labute approximate surface area is 185 Å². The Kier molecular flexibility index (Phi) is 10.1. The molecular weight excluding hydrogens is 435 g/mol. The molecular formula is C23H31O6PS. The van der Waals surface area contributed by atoms with Crippen LogP contribution in [0.2, 0.25) is 0 Å².